The molecule has 132 valence electrons. The highest BCUT2D eigenvalue weighted by molar-refractivity contribution is 7.98. The molecule has 0 fully saturated rings. The number of nitrogens with zero attached hydrogens (tertiary/aromatic N) is 2. The molecule has 5 nitrogen and oxygen atoms in total. The molecule has 0 bridgehead atoms. The van der Waals surface area contributed by atoms with Gasteiger partial charge in [0.1, 0.15) is 5.03 Å². The number of amides is 1. The molecule has 1 aromatic carbocycles. The van der Waals surface area contributed by atoms with Gasteiger partial charge in [-0.25, -0.2) is 9.37 Å². The molecule has 0 aliphatic heterocycles. The van der Waals surface area contributed by atoms with Crippen LogP contribution in [0.2, 0.25) is 0 Å². The number of methoxy groups -OCH3 is 1. The molecule has 2 aromatic heterocycles. The Morgan fingerprint density at radius 1 is 1.19 bits per heavy atom. The maximum atomic E-state index is 13.8. The summed E-state index contributed by atoms with van der Waals surface area (Å²) in [6.07, 6.45) is 5.08. The summed E-state index contributed by atoms with van der Waals surface area (Å²) in [6, 6.07) is 11.5. The van der Waals surface area contributed by atoms with Crippen LogP contribution in [0, 0.1) is 5.82 Å². The molecule has 0 aliphatic rings. The number of hydrogen-bond donors (Lipinski definition) is 1. The number of rotatable bonds is 6. The summed E-state index contributed by atoms with van der Waals surface area (Å²) in [5.41, 5.74) is 1.87. The highest BCUT2D eigenvalue weighted by Crippen LogP contribution is 2.26. The summed E-state index contributed by atoms with van der Waals surface area (Å²) in [7, 11) is 1.39. The fraction of sp³-hybridized carbons (Fsp3) is 0.105. The Bertz CT molecular complexity index is 906. The third-order valence-corrected chi connectivity index (χ3v) is 4.63. The zero-order valence-corrected chi connectivity index (χ0v) is 14.8. The average Bonchev–Trinajstić information content (AvgIpc) is 2.67. The summed E-state index contributed by atoms with van der Waals surface area (Å²) < 4.78 is 18.7. The number of nitrogens with one attached hydrogen (secondary N) is 1. The molecule has 7 heteroatoms. The molecule has 3 rings (SSSR count). The van der Waals surface area contributed by atoms with Crippen molar-refractivity contribution in [1.29, 1.82) is 0 Å². The number of carbonyl (C=O) groups excluding carboxylic acids is 1. The van der Waals surface area contributed by atoms with Gasteiger partial charge in [-0.2, -0.15) is 0 Å². The second-order valence-electron chi connectivity index (χ2n) is 5.30. The Kier molecular flexibility index (Phi) is 5.80. The molecule has 0 unspecified atom stereocenters. The first kappa shape index (κ1) is 17.9. The molecule has 3 aromatic rings. The number of halogens is 1. The highest BCUT2D eigenvalue weighted by Gasteiger charge is 2.14. The van der Waals surface area contributed by atoms with Crippen molar-refractivity contribution < 1.29 is 13.9 Å². The first-order chi connectivity index (χ1) is 12.7. The number of anilines is 1. The molecule has 0 spiro atoms. The van der Waals surface area contributed by atoms with Crippen LogP contribution in [0.3, 0.4) is 0 Å². The molecule has 0 saturated heterocycles. The van der Waals surface area contributed by atoms with Crippen molar-refractivity contribution in [3.05, 3.63) is 78.0 Å². The second kappa shape index (κ2) is 8.44. The van der Waals surface area contributed by atoms with E-state index in [9.17, 15) is 9.18 Å². The van der Waals surface area contributed by atoms with E-state index < -0.39 is 5.82 Å². The van der Waals surface area contributed by atoms with E-state index in [-0.39, 0.29) is 11.7 Å². The van der Waals surface area contributed by atoms with Gasteiger partial charge in [0.2, 0.25) is 0 Å². The summed E-state index contributed by atoms with van der Waals surface area (Å²) in [6.45, 7) is 0. The number of benzene rings is 1. The van der Waals surface area contributed by atoms with Crippen molar-refractivity contribution in [3.8, 4) is 5.75 Å². The van der Waals surface area contributed by atoms with Crippen molar-refractivity contribution in [2.75, 3.05) is 12.4 Å². The van der Waals surface area contributed by atoms with E-state index in [1.807, 2.05) is 12.1 Å². The van der Waals surface area contributed by atoms with Crippen molar-refractivity contribution in [3.63, 3.8) is 0 Å². The maximum absolute atomic E-state index is 13.8. The number of thioether (sulfide) groups is 1. The van der Waals surface area contributed by atoms with Gasteiger partial charge in [-0.3, -0.25) is 9.78 Å². The fourth-order valence-corrected chi connectivity index (χ4v) is 3.20. The minimum atomic E-state index is -0.538. The van der Waals surface area contributed by atoms with Crippen molar-refractivity contribution in [1.82, 2.24) is 9.97 Å². The van der Waals surface area contributed by atoms with E-state index in [0.717, 1.165) is 5.56 Å². The first-order valence-corrected chi connectivity index (χ1v) is 8.77. The SMILES string of the molecule is COc1ccc(NC(=O)c2cccnc2SCc2ccncc2)cc1F. The number of carbonyl (C=O) groups is 1. The Labute approximate surface area is 154 Å². The van der Waals surface area contributed by atoms with Gasteiger partial charge in [0.15, 0.2) is 11.6 Å². The molecule has 0 aliphatic carbocycles. The van der Waals surface area contributed by atoms with Crippen LogP contribution in [0.5, 0.6) is 5.75 Å². The van der Waals surface area contributed by atoms with E-state index in [2.05, 4.69) is 15.3 Å². The number of pyridine rings is 2. The topological polar surface area (TPSA) is 64.1 Å². The Hall–Kier alpha value is -2.93. The molecule has 2 heterocycles. The van der Waals surface area contributed by atoms with E-state index in [1.165, 1.54) is 31.0 Å². The van der Waals surface area contributed by atoms with E-state index in [4.69, 9.17) is 4.74 Å². The number of ether oxygens (including phenoxy) is 1. The Morgan fingerprint density at radius 2 is 2.00 bits per heavy atom. The first-order valence-electron chi connectivity index (χ1n) is 7.79. The third kappa shape index (κ3) is 4.37. The predicted octanol–water partition coefficient (Wildman–Crippen LogP) is 4.17. The van der Waals surface area contributed by atoms with Gasteiger partial charge < -0.3 is 10.1 Å². The van der Waals surface area contributed by atoms with Crippen LogP contribution < -0.4 is 10.1 Å². The molecule has 0 saturated carbocycles. The van der Waals surface area contributed by atoms with Gasteiger partial charge in [0.05, 0.1) is 12.7 Å². The zero-order chi connectivity index (χ0) is 18.4. The summed E-state index contributed by atoms with van der Waals surface area (Å²) >= 11 is 1.45. The number of aromatic nitrogens is 2. The van der Waals surface area contributed by atoms with Crippen LogP contribution in [-0.4, -0.2) is 23.0 Å². The van der Waals surface area contributed by atoms with Crippen LogP contribution in [-0.2, 0) is 5.75 Å². The van der Waals surface area contributed by atoms with Crippen LogP contribution in [0.1, 0.15) is 15.9 Å². The second-order valence-corrected chi connectivity index (χ2v) is 6.27. The average molecular weight is 369 g/mol. The lowest BCUT2D eigenvalue weighted by Gasteiger charge is -2.10. The molecule has 0 radical (unpaired) electrons. The molecule has 26 heavy (non-hydrogen) atoms. The summed E-state index contributed by atoms with van der Waals surface area (Å²) in [4.78, 5) is 20.9. The van der Waals surface area contributed by atoms with Crippen molar-refractivity contribution in [2.24, 2.45) is 0 Å². The Balaban J connectivity index is 1.74. The lowest BCUT2D eigenvalue weighted by Crippen LogP contribution is -2.13. The lowest BCUT2D eigenvalue weighted by molar-refractivity contribution is 0.102. The molecular formula is C19H16FN3O2S. The molecule has 1 N–H and O–H groups in total. The fourth-order valence-electron chi connectivity index (χ4n) is 2.25. The van der Waals surface area contributed by atoms with Crippen LogP contribution >= 0.6 is 11.8 Å². The standard InChI is InChI=1S/C19H16FN3O2S/c1-25-17-5-4-14(11-16(17)20)23-18(24)15-3-2-8-22-19(15)26-12-13-6-9-21-10-7-13/h2-11H,12H2,1H3,(H,23,24). The molecular weight excluding hydrogens is 353 g/mol. The van der Waals surface area contributed by atoms with E-state index in [1.54, 1.807) is 36.8 Å². The van der Waals surface area contributed by atoms with Crippen LogP contribution in [0.15, 0.2) is 66.1 Å². The maximum Gasteiger partial charge on any atom is 0.258 e. The number of hydrogen-bond acceptors (Lipinski definition) is 5. The van der Waals surface area contributed by atoms with Gasteiger partial charge in [-0.15, -0.1) is 11.8 Å². The van der Waals surface area contributed by atoms with E-state index >= 15 is 0 Å². The lowest BCUT2D eigenvalue weighted by atomic mass is 10.2. The van der Waals surface area contributed by atoms with Gasteiger partial charge >= 0.3 is 0 Å². The minimum Gasteiger partial charge on any atom is -0.494 e. The van der Waals surface area contributed by atoms with Crippen molar-refractivity contribution >= 4 is 23.4 Å². The summed E-state index contributed by atoms with van der Waals surface area (Å²) in [5, 5.41) is 3.30. The van der Waals surface area contributed by atoms with Crippen LogP contribution in [0.4, 0.5) is 10.1 Å². The van der Waals surface area contributed by atoms with E-state index in [0.29, 0.717) is 22.0 Å². The van der Waals surface area contributed by atoms with Gasteiger partial charge in [0, 0.05) is 36.1 Å². The summed E-state index contributed by atoms with van der Waals surface area (Å²) in [5.74, 6) is -0.0987. The normalized spacial score (nSPS) is 10.4. The molecule has 1 amide bonds. The highest BCUT2D eigenvalue weighted by atomic mass is 32.2. The van der Waals surface area contributed by atoms with Crippen molar-refractivity contribution in [2.45, 2.75) is 10.8 Å². The van der Waals surface area contributed by atoms with Gasteiger partial charge in [0.25, 0.3) is 5.91 Å². The monoisotopic (exact) mass is 369 g/mol. The Morgan fingerprint density at radius 3 is 2.73 bits per heavy atom. The quantitative estimate of drug-likeness (QED) is 0.661. The largest absolute Gasteiger partial charge is 0.494 e. The zero-order valence-electron chi connectivity index (χ0n) is 14.0. The third-order valence-electron chi connectivity index (χ3n) is 3.55. The smallest absolute Gasteiger partial charge is 0.258 e. The molecule has 0 atom stereocenters. The van der Waals surface area contributed by atoms with Gasteiger partial charge in [-0.1, -0.05) is 0 Å². The van der Waals surface area contributed by atoms with Gasteiger partial charge in [-0.05, 0) is 42.0 Å². The minimum absolute atomic E-state index is 0.123. The predicted molar refractivity (Wildman–Crippen MR) is 98.9 cm³/mol. The van der Waals surface area contributed by atoms with Crippen LogP contribution in [0.25, 0.3) is 0 Å².